The standard InChI is InChI=1S/C17H24N2O3/c20-10-7-15-3-1-2-9-19(15)17(21)14-6-8-18-16(11-14)22-12-13-4-5-13/h6,8,11,13,15,20H,1-5,7,9-10,12H2. The Balaban J connectivity index is 1.68. The highest BCUT2D eigenvalue weighted by Crippen LogP contribution is 2.29. The van der Waals surface area contributed by atoms with Gasteiger partial charge < -0.3 is 14.7 Å². The first-order valence-corrected chi connectivity index (χ1v) is 8.28. The van der Waals surface area contributed by atoms with Crippen LogP contribution in [0.15, 0.2) is 18.3 Å². The summed E-state index contributed by atoms with van der Waals surface area (Å²) in [5.74, 6) is 1.22. The van der Waals surface area contributed by atoms with Crippen LogP contribution in [0, 0.1) is 5.92 Å². The lowest BCUT2D eigenvalue weighted by molar-refractivity contribution is 0.0574. The number of ether oxygens (including phenoxy) is 1. The van der Waals surface area contributed by atoms with Gasteiger partial charge in [0, 0.05) is 37.0 Å². The van der Waals surface area contributed by atoms with Gasteiger partial charge in [0.05, 0.1) is 6.61 Å². The molecule has 1 amide bonds. The molecule has 1 aromatic rings. The van der Waals surface area contributed by atoms with Crippen molar-refractivity contribution in [1.82, 2.24) is 9.88 Å². The fraction of sp³-hybridized carbons (Fsp3) is 0.647. The molecule has 1 aromatic heterocycles. The lowest BCUT2D eigenvalue weighted by atomic mass is 9.98. The molecule has 3 rings (SSSR count). The zero-order chi connectivity index (χ0) is 15.4. The van der Waals surface area contributed by atoms with Crippen molar-refractivity contribution in [3.63, 3.8) is 0 Å². The maximum absolute atomic E-state index is 12.7. The van der Waals surface area contributed by atoms with Crippen LogP contribution < -0.4 is 4.74 Å². The van der Waals surface area contributed by atoms with Gasteiger partial charge in [-0.25, -0.2) is 4.98 Å². The van der Waals surface area contributed by atoms with E-state index in [2.05, 4.69) is 4.98 Å². The third kappa shape index (κ3) is 3.77. The summed E-state index contributed by atoms with van der Waals surface area (Å²) in [5.41, 5.74) is 0.630. The van der Waals surface area contributed by atoms with Gasteiger partial charge >= 0.3 is 0 Å². The number of carbonyl (C=O) groups is 1. The first-order chi connectivity index (χ1) is 10.8. The molecule has 1 aliphatic carbocycles. The van der Waals surface area contributed by atoms with Crippen molar-refractivity contribution < 1.29 is 14.6 Å². The minimum atomic E-state index is 0.0248. The number of aromatic nitrogens is 1. The van der Waals surface area contributed by atoms with Gasteiger partial charge in [-0.1, -0.05) is 0 Å². The number of nitrogens with zero attached hydrogens (tertiary/aromatic N) is 2. The second-order valence-corrected chi connectivity index (χ2v) is 6.30. The molecule has 0 spiro atoms. The van der Waals surface area contributed by atoms with Gasteiger partial charge in [0.1, 0.15) is 0 Å². The zero-order valence-corrected chi connectivity index (χ0v) is 12.9. The molecule has 0 aromatic carbocycles. The number of piperidine rings is 1. The molecule has 5 nitrogen and oxygen atoms in total. The largest absolute Gasteiger partial charge is 0.477 e. The van der Waals surface area contributed by atoms with Crippen molar-refractivity contribution in [2.45, 2.75) is 44.6 Å². The molecule has 1 unspecified atom stereocenters. The van der Waals surface area contributed by atoms with Crippen molar-refractivity contribution in [2.24, 2.45) is 5.92 Å². The molecule has 120 valence electrons. The molecule has 5 heteroatoms. The van der Waals surface area contributed by atoms with E-state index in [4.69, 9.17) is 4.74 Å². The first kappa shape index (κ1) is 15.3. The predicted molar refractivity (Wildman–Crippen MR) is 82.8 cm³/mol. The molecule has 1 atom stereocenters. The Labute approximate surface area is 131 Å². The number of hydrogen-bond acceptors (Lipinski definition) is 4. The molecule has 2 heterocycles. The molecule has 1 saturated carbocycles. The second kappa shape index (κ2) is 7.09. The highest BCUT2D eigenvalue weighted by atomic mass is 16.5. The molecule has 1 N–H and O–H groups in total. The number of carbonyl (C=O) groups excluding carboxylic acids is 1. The fourth-order valence-corrected chi connectivity index (χ4v) is 2.99. The molecule has 1 saturated heterocycles. The van der Waals surface area contributed by atoms with Crippen LogP contribution >= 0.6 is 0 Å². The maximum Gasteiger partial charge on any atom is 0.254 e. The maximum atomic E-state index is 12.7. The summed E-state index contributed by atoms with van der Waals surface area (Å²) in [5, 5.41) is 9.19. The third-order valence-corrected chi connectivity index (χ3v) is 4.50. The summed E-state index contributed by atoms with van der Waals surface area (Å²) >= 11 is 0. The van der Waals surface area contributed by atoms with Crippen LogP contribution in [0.4, 0.5) is 0 Å². The topological polar surface area (TPSA) is 62.7 Å². The van der Waals surface area contributed by atoms with Crippen molar-refractivity contribution in [2.75, 3.05) is 19.8 Å². The van der Waals surface area contributed by atoms with Crippen LogP contribution in [0.25, 0.3) is 0 Å². The summed E-state index contributed by atoms with van der Waals surface area (Å²) in [6, 6.07) is 3.64. The molecule has 2 aliphatic rings. The Morgan fingerprint density at radius 2 is 2.23 bits per heavy atom. The summed E-state index contributed by atoms with van der Waals surface area (Å²) in [6.07, 6.45) is 7.89. The van der Waals surface area contributed by atoms with E-state index in [1.807, 2.05) is 4.90 Å². The highest BCUT2D eigenvalue weighted by molar-refractivity contribution is 5.94. The van der Waals surface area contributed by atoms with E-state index < -0.39 is 0 Å². The Kier molecular flexibility index (Phi) is 4.93. The van der Waals surface area contributed by atoms with E-state index in [0.29, 0.717) is 30.4 Å². The van der Waals surface area contributed by atoms with Crippen LogP contribution in [-0.4, -0.2) is 46.7 Å². The van der Waals surface area contributed by atoms with Crippen LogP contribution in [0.3, 0.4) is 0 Å². The van der Waals surface area contributed by atoms with Gasteiger partial charge in [0.2, 0.25) is 5.88 Å². The summed E-state index contributed by atoms with van der Waals surface area (Å²) in [6.45, 7) is 1.59. The van der Waals surface area contributed by atoms with Crippen molar-refractivity contribution in [3.8, 4) is 5.88 Å². The van der Waals surface area contributed by atoms with Crippen molar-refractivity contribution >= 4 is 5.91 Å². The molecule has 0 bridgehead atoms. The normalized spacial score (nSPS) is 21.7. The van der Waals surface area contributed by atoms with Gasteiger partial charge in [-0.05, 0) is 50.5 Å². The van der Waals surface area contributed by atoms with E-state index in [1.165, 1.54) is 12.8 Å². The second-order valence-electron chi connectivity index (χ2n) is 6.30. The fourth-order valence-electron chi connectivity index (χ4n) is 2.99. The monoisotopic (exact) mass is 304 g/mol. The Morgan fingerprint density at radius 1 is 1.36 bits per heavy atom. The smallest absolute Gasteiger partial charge is 0.254 e. The van der Waals surface area contributed by atoms with Crippen LogP contribution in [0.2, 0.25) is 0 Å². The summed E-state index contributed by atoms with van der Waals surface area (Å²) in [4.78, 5) is 18.8. The van der Waals surface area contributed by atoms with Crippen LogP contribution in [0.5, 0.6) is 5.88 Å². The van der Waals surface area contributed by atoms with Crippen LogP contribution in [0.1, 0.15) is 48.9 Å². The molecule has 22 heavy (non-hydrogen) atoms. The molecular weight excluding hydrogens is 280 g/mol. The Bertz CT molecular complexity index is 514. The van der Waals surface area contributed by atoms with Crippen molar-refractivity contribution in [3.05, 3.63) is 23.9 Å². The Hall–Kier alpha value is -1.62. The van der Waals surface area contributed by atoms with Gasteiger partial charge in [0.15, 0.2) is 0 Å². The molecule has 0 radical (unpaired) electrons. The lowest BCUT2D eigenvalue weighted by Crippen LogP contribution is -2.44. The highest BCUT2D eigenvalue weighted by Gasteiger charge is 2.27. The summed E-state index contributed by atoms with van der Waals surface area (Å²) < 4.78 is 5.66. The lowest BCUT2D eigenvalue weighted by Gasteiger charge is -2.35. The first-order valence-electron chi connectivity index (χ1n) is 8.28. The van der Waals surface area contributed by atoms with Gasteiger partial charge in [-0.3, -0.25) is 4.79 Å². The third-order valence-electron chi connectivity index (χ3n) is 4.50. The Morgan fingerprint density at radius 3 is 3.00 bits per heavy atom. The molecule has 2 fully saturated rings. The minimum Gasteiger partial charge on any atom is -0.477 e. The summed E-state index contributed by atoms with van der Waals surface area (Å²) in [7, 11) is 0. The van der Waals surface area contributed by atoms with Gasteiger partial charge in [0.25, 0.3) is 5.91 Å². The van der Waals surface area contributed by atoms with E-state index in [1.54, 1.807) is 18.3 Å². The SMILES string of the molecule is O=C(c1ccnc(OCC2CC2)c1)N1CCCCC1CCO. The van der Waals surface area contributed by atoms with Crippen LogP contribution in [-0.2, 0) is 0 Å². The molecule has 1 aliphatic heterocycles. The van der Waals surface area contributed by atoms with Gasteiger partial charge in [-0.2, -0.15) is 0 Å². The average molecular weight is 304 g/mol. The number of hydrogen-bond donors (Lipinski definition) is 1. The quantitative estimate of drug-likeness (QED) is 0.875. The van der Waals surface area contributed by atoms with E-state index >= 15 is 0 Å². The number of pyridine rings is 1. The van der Waals surface area contributed by atoms with E-state index in [9.17, 15) is 9.90 Å². The average Bonchev–Trinajstić information content (AvgIpc) is 3.38. The number of rotatable bonds is 6. The number of aliphatic hydroxyl groups excluding tert-OH is 1. The number of likely N-dealkylation sites (tertiary alicyclic amines) is 1. The molecular formula is C17H24N2O3. The van der Waals surface area contributed by atoms with E-state index in [0.717, 1.165) is 25.8 Å². The zero-order valence-electron chi connectivity index (χ0n) is 12.9. The van der Waals surface area contributed by atoms with Gasteiger partial charge in [-0.15, -0.1) is 0 Å². The minimum absolute atomic E-state index is 0.0248. The predicted octanol–water partition coefficient (Wildman–Crippen LogP) is 2.25. The number of amides is 1. The van der Waals surface area contributed by atoms with E-state index in [-0.39, 0.29) is 18.6 Å². The number of aliphatic hydroxyl groups is 1. The van der Waals surface area contributed by atoms with Crippen molar-refractivity contribution in [1.29, 1.82) is 0 Å².